The highest BCUT2D eigenvalue weighted by Crippen LogP contribution is 2.38. The van der Waals surface area contributed by atoms with E-state index >= 15 is 0 Å². The van der Waals surface area contributed by atoms with E-state index in [0.29, 0.717) is 25.2 Å². The van der Waals surface area contributed by atoms with Gasteiger partial charge in [0.2, 0.25) is 11.8 Å². The van der Waals surface area contributed by atoms with Crippen LogP contribution in [0.1, 0.15) is 44.7 Å². The molecule has 3 aliphatic rings. The van der Waals surface area contributed by atoms with Gasteiger partial charge in [-0.3, -0.25) is 14.5 Å². The van der Waals surface area contributed by atoms with Gasteiger partial charge in [0.1, 0.15) is 11.9 Å². The summed E-state index contributed by atoms with van der Waals surface area (Å²) in [6.45, 7) is 5.62. The van der Waals surface area contributed by atoms with Crippen LogP contribution in [-0.4, -0.2) is 64.3 Å². The maximum atomic E-state index is 14.2. The summed E-state index contributed by atoms with van der Waals surface area (Å²) in [7, 11) is 0. The van der Waals surface area contributed by atoms with Crippen molar-refractivity contribution in [3.63, 3.8) is 0 Å². The molecule has 3 fully saturated rings. The molecule has 2 amide bonds. The van der Waals surface area contributed by atoms with Crippen LogP contribution in [0, 0.1) is 23.1 Å². The zero-order chi connectivity index (χ0) is 20.7. The first kappa shape index (κ1) is 19.8. The number of hydrogen-bond acceptors (Lipinski definition) is 4. The Kier molecular flexibility index (Phi) is 5.30. The second kappa shape index (κ2) is 7.75. The van der Waals surface area contributed by atoms with Gasteiger partial charge in [0, 0.05) is 37.2 Å². The Morgan fingerprint density at radius 1 is 1.34 bits per heavy atom. The van der Waals surface area contributed by atoms with Crippen LogP contribution in [-0.2, 0) is 9.59 Å². The van der Waals surface area contributed by atoms with Crippen LogP contribution in [0.4, 0.5) is 4.39 Å². The third-order valence-electron chi connectivity index (χ3n) is 6.70. The monoisotopic (exact) mass is 398 g/mol. The molecule has 7 heteroatoms. The fourth-order valence-corrected chi connectivity index (χ4v) is 5.24. The Morgan fingerprint density at radius 2 is 2.10 bits per heavy atom. The first-order chi connectivity index (χ1) is 13.9. The average molecular weight is 398 g/mol. The number of amides is 2. The van der Waals surface area contributed by atoms with E-state index in [1.54, 1.807) is 23.1 Å². The van der Waals surface area contributed by atoms with Gasteiger partial charge in [-0.05, 0) is 32.3 Å². The molecule has 2 bridgehead atoms. The number of likely N-dealkylation sites (tertiary alicyclic amines) is 3. The van der Waals surface area contributed by atoms with E-state index in [0.717, 1.165) is 19.3 Å². The lowest BCUT2D eigenvalue weighted by Gasteiger charge is -2.38. The molecule has 0 aromatic heterocycles. The predicted octanol–water partition coefficient (Wildman–Crippen LogP) is 2.32. The van der Waals surface area contributed by atoms with Gasteiger partial charge in [0.15, 0.2) is 0 Å². The number of carbonyl (C=O) groups is 2. The minimum atomic E-state index is -0.321. The standard InChI is InChI=1S/C22H27FN4O2/c1-14(21(28)26-9-5-6-16(26)11-24)12-25-13-17-10-20(25)22(29)27(17)15(2)18-7-3-4-8-19(18)23/h3-4,7-8,14-17,20H,5-6,9-10,12-13H2,1-2H3/t14-,15-,16-,17?,20+/m0/s1. The molecule has 3 aliphatic heterocycles. The lowest BCUT2D eigenvalue weighted by atomic mass is 10.0. The number of benzene rings is 1. The van der Waals surface area contributed by atoms with E-state index in [1.807, 2.05) is 18.7 Å². The Hall–Kier alpha value is -2.46. The average Bonchev–Trinajstić information content (AvgIpc) is 3.41. The molecule has 3 saturated heterocycles. The smallest absolute Gasteiger partial charge is 0.240 e. The number of hydrogen-bond donors (Lipinski definition) is 0. The summed E-state index contributed by atoms with van der Waals surface area (Å²) in [5, 5.41) is 9.24. The molecule has 0 aliphatic carbocycles. The molecule has 29 heavy (non-hydrogen) atoms. The molecule has 1 aromatic carbocycles. The summed E-state index contributed by atoms with van der Waals surface area (Å²) in [4.78, 5) is 31.4. The molecule has 0 spiro atoms. The quantitative estimate of drug-likeness (QED) is 0.763. The van der Waals surface area contributed by atoms with Gasteiger partial charge in [-0.1, -0.05) is 25.1 Å². The van der Waals surface area contributed by atoms with Gasteiger partial charge in [-0.2, -0.15) is 5.26 Å². The highest BCUT2D eigenvalue weighted by Gasteiger charge is 2.51. The molecule has 6 nitrogen and oxygen atoms in total. The van der Waals surface area contributed by atoms with Crippen molar-refractivity contribution in [3.05, 3.63) is 35.6 Å². The summed E-state index contributed by atoms with van der Waals surface area (Å²) in [5.74, 6) is -0.522. The predicted molar refractivity (Wildman–Crippen MR) is 105 cm³/mol. The summed E-state index contributed by atoms with van der Waals surface area (Å²) in [5.41, 5.74) is 0.542. The number of nitrogens with zero attached hydrogens (tertiary/aromatic N) is 4. The highest BCUT2D eigenvalue weighted by molar-refractivity contribution is 5.86. The van der Waals surface area contributed by atoms with Crippen LogP contribution in [0.2, 0.25) is 0 Å². The molecule has 3 heterocycles. The number of carbonyl (C=O) groups excluding carboxylic acids is 2. The van der Waals surface area contributed by atoms with Crippen LogP contribution in [0.25, 0.3) is 0 Å². The van der Waals surface area contributed by atoms with Crippen molar-refractivity contribution in [1.82, 2.24) is 14.7 Å². The Balaban J connectivity index is 1.40. The molecular formula is C22H27FN4O2. The number of rotatable bonds is 5. The third kappa shape index (κ3) is 3.40. The molecule has 1 aromatic rings. The number of halogens is 1. The number of nitriles is 1. The van der Waals surface area contributed by atoms with E-state index in [9.17, 15) is 19.2 Å². The van der Waals surface area contributed by atoms with E-state index in [-0.39, 0.29) is 47.7 Å². The van der Waals surface area contributed by atoms with Crippen LogP contribution in [0.3, 0.4) is 0 Å². The van der Waals surface area contributed by atoms with Crippen molar-refractivity contribution in [2.45, 2.75) is 57.3 Å². The first-order valence-corrected chi connectivity index (χ1v) is 10.4. The van der Waals surface area contributed by atoms with E-state index in [1.165, 1.54) is 6.07 Å². The minimum Gasteiger partial charge on any atom is -0.330 e. The van der Waals surface area contributed by atoms with E-state index in [4.69, 9.17) is 0 Å². The fourth-order valence-electron chi connectivity index (χ4n) is 5.24. The largest absolute Gasteiger partial charge is 0.330 e. The highest BCUT2D eigenvalue weighted by atomic mass is 19.1. The Bertz CT molecular complexity index is 853. The van der Waals surface area contributed by atoms with Crippen molar-refractivity contribution < 1.29 is 14.0 Å². The number of piperazine rings is 1. The molecule has 0 N–H and O–H groups in total. The van der Waals surface area contributed by atoms with Crippen LogP contribution < -0.4 is 0 Å². The molecule has 5 atom stereocenters. The Labute approximate surface area is 170 Å². The Morgan fingerprint density at radius 3 is 2.79 bits per heavy atom. The molecule has 4 rings (SSSR count). The summed E-state index contributed by atoms with van der Waals surface area (Å²) in [6.07, 6.45) is 2.33. The van der Waals surface area contributed by atoms with Crippen molar-refractivity contribution in [2.24, 2.45) is 5.92 Å². The second-order valence-electron chi connectivity index (χ2n) is 8.52. The normalized spacial score (nSPS) is 28.6. The fraction of sp³-hybridized carbons (Fsp3) is 0.591. The molecular weight excluding hydrogens is 371 g/mol. The minimum absolute atomic E-state index is 0.000790. The molecule has 1 unspecified atom stereocenters. The van der Waals surface area contributed by atoms with Gasteiger partial charge in [0.05, 0.1) is 18.2 Å². The van der Waals surface area contributed by atoms with E-state index < -0.39 is 0 Å². The maximum absolute atomic E-state index is 14.2. The lowest BCUT2D eigenvalue weighted by molar-refractivity contribution is -0.142. The zero-order valence-corrected chi connectivity index (χ0v) is 16.9. The molecule has 154 valence electrons. The maximum Gasteiger partial charge on any atom is 0.240 e. The van der Waals surface area contributed by atoms with E-state index in [2.05, 4.69) is 11.0 Å². The van der Waals surface area contributed by atoms with Crippen molar-refractivity contribution >= 4 is 11.8 Å². The summed E-state index contributed by atoms with van der Waals surface area (Å²) < 4.78 is 14.2. The second-order valence-corrected chi connectivity index (χ2v) is 8.52. The van der Waals surface area contributed by atoms with Gasteiger partial charge in [-0.15, -0.1) is 0 Å². The van der Waals surface area contributed by atoms with Crippen LogP contribution >= 0.6 is 0 Å². The van der Waals surface area contributed by atoms with Crippen molar-refractivity contribution in [1.29, 1.82) is 5.26 Å². The zero-order valence-electron chi connectivity index (χ0n) is 16.9. The molecule has 0 saturated carbocycles. The summed E-state index contributed by atoms with van der Waals surface area (Å²) >= 11 is 0. The third-order valence-corrected chi connectivity index (χ3v) is 6.70. The summed E-state index contributed by atoms with van der Waals surface area (Å²) in [6, 6.07) is 8.00. The number of fused-ring (bicyclic) bond motifs is 2. The first-order valence-electron chi connectivity index (χ1n) is 10.4. The SMILES string of the molecule is C[C@@H](CN1CC2C[C@@H]1C(=O)N2[C@@H](C)c1ccccc1F)C(=O)N1CCC[C@H]1C#N. The van der Waals surface area contributed by atoms with Gasteiger partial charge in [0.25, 0.3) is 0 Å². The van der Waals surface area contributed by atoms with Crippen molar-refractivity contribution in [3.8, 4) is 6.07 Å². The van der Waals surface area contributed by atoms with Crippen LogP contribution in [0.15, 0.2) is 24.3 Å². The molecule has 0 radical (unpaired) electrons. The topological polar surface area (TPSA) is 67.7 Å². The van der Waals surface area contributed by atoms with Gasteiger partial charge in [-0.25, -0.2) is 4.39 Å². The van der Waals surface area contributed by atoms with Gasteiger partial charge >= 0.3 is 0 Å². The van der Waals surface area contributed by atoms with Crippen molar-refractivity contribution in [2.75, 3.05) is 19.6 Å². The van der Waals surface area contributed by atoms with Crippen LogP contribution in [0.5, 0.6) is 0 Å². The van der Waals surface area contributed by atoms with Gasteiger partial charge < -0.3 is 9.80 Å². The lowest BCUT2D eigenvalue weighted by Crippen LogP contribution is -2.53.